The van der Waals surface area contributed by atoms with Gasteiger partial charge < -0.3 is 19.5 Å². The molecule has 19 heavy (non-hydrogen) atoms. The molecule has 0 aromatic heterocycles. The van der Waals surface area contributed by atoms with Crippen LogP contribution in [0.1, 0.15) is 24.9 Å². The van der Waals surface area contributed by atoms with Gasteiger partial charge in [-0.15, -0.1) is 0 Å². The van der Waals surface area contributed by atoms with Gasteiger partial charge in [-0.2, -0.15) is 0 Å². The van der Waals surface area contributed by atoms with E-state index < -0.39 is 0 Å². The molecule has 0 aliphatic carbocycles. The number of benzene rings is 1. The van der Waals surface area contributed by atoms with Gasteiger partial charge in [-0.05, 0) is 31.2 Å². The van der Waals surface area contributed by atoms with Crippen molar-refractivity contribution in [1.82, 2.24) is 5.32 Å². The largest absolute Gasteiger partial charge is 0.491 e. The summed E-state index contributed by atoms with van der Waals surface area (Å²) in [5, 5.41) is 3.29. The molecule has 0 radical (unpaired) electrons. The fourth-order valence-electron chi connectivity index (χ4n) is 1.87. The Hall–Kier alpha value is -1.10. The Balaban J connectivity index is 2.28. The summed E-state index contributed by atoms with van der Waals surface area (Å²) in [6, 6.07) is 8.62. The standard InChI is InChI=1S/C15H25NO3/c1-4-15(16-2)13-5-7-14(8-6-13)19-12-11-18-10-9-17-3/h5-8,15-16H,4,9-12H2,1-3H3. The Bertz CT molecular complexity index is 323. The van der Waals surface area contributed by atoms with Gasteiger partial charge in [-0.1, -0.05) is 19.1 Å². The van der Waals surface area contributed by atoms with E-state index in [0.717, 1.165) is 12.2 Å². The number of methoxy groups -OCH3 is 1. The molecule has 1 unspecified atom stereocenters. The number of ether oxygens (including phenoxy) is 3. The Labute approximate surface area is 116 Å². The maximum Gasteiger partial charge on any atom is 0.119 e. The lowest BCUT2D eigenvalue weighted by atomic mass is 10.1. The highest BCUT2D eigenvalue weighted by Gasteiger charge is 2.05. The third kappa shape index (κ3) is 6.05. The molecule has 0 aliphatic rings. The van der Waals surface area contributed by atoms with Crippen LogP contribution in [0.25, 0.3) is 0 Å². The second-order valence-electron chi connectivity index (χ2n) is 4.27. The van der Waals surface area contributed by atoms with Gasteiger partial charge in [0.25, 0.3) is 0 Å². The normalized spacial score (nSPS) is 12.4. The summed E-state index contributed by atoms with van der Waals surface area (Å²) in [4.78, 5) is 0. The average molecular weight is 267 g/mol. The Morgan fingerprint density at radius 2 is 1.74 bits per heavy atom. The van der Waals surface area contributed by atoms with E-state index in [1.54, 1.807) is 7.11 Å². The SMILES string of the molecule is CCC(NC)c1ccc(OCCOCCOC)cc1. The first-order valence-corrected chi connectivity index (χ1v) is 6.78. The monoisotopic (exact) mass is 267 g/mol. The molecule has 0 aliphatic heterocycles. The number of nitrogens with one attached hydrogen (secondary N) is 1. The van der Waals surface area contributed by atoms with E-state index in [1.807, 2.05) is 19.2 Å². The molecule has 0 bridgehead atoms. The van der Waals surface area contributed by atoms with Crippen LogP contribution in [0.15, 0.2) is 24.3 Å². The third-order valence-corrected chi connectivity index (χ3v) is 2.97. The zero-order valence-corrected chi connectivity index (χ0v) is 12.1. The molecule has 0 saturated carbocycles. The molecule has 1 aromatic carbocycles. The minimum Gasteiger partial charge on any atom is -0.491 e. The van der Waals surface area contributed by atoms with Crippen molar-refractivity contribution in [2.75, 3.05) is 40.6 Å². The van der Waals surface area contributed by atoms with Gasteiger partial charge in [0, 0.05) is 13.2 Å². The lowest BCUT2D eigenvalue weighted by molar-refractivity contribution is 0.0544. The van der Waals surface area contributed by atoms with Gasteiger partial charge in [-0.25, -0.2) is 0 Å². The van der Waals surface area contributed by atoms with E-state index in [9.17, 15) is 0 Å². The Morgan fingerprint density at radius 3 is 2.32 bits per heavy atom. The molecule has 0 fully saturated rings. The molecule has 1 aromatic rings. The predicted octanol–water partition coefficient (Wildman–Crippen LogP) is 2.40. The van der Waals surface area contributed by atoms with Crippen molar-refractivity contribution < 1.29 is 14.2 Å². The smallest absolute Gasteiger partial charge is 0.119 e. The molecule has 0 heterocycles. The highest BCUT2D eigenvalue weighted by molar-refractivity contribution is 5.29. The van der Waals surface area contributed by atoms with E-state index in [1.165, 1.54) is 5.56 Å². The van der Waals surface area contributed by atoms with Crippen LogP contribution in [0.5, 0.6) is 5.75 Å². The van der Waals surface area contributed by atoms with Crippen molar-refractivity contribution in [3.05, 3.63) is 29.8 Å². The zero-order chi connectivity index (χ0) is 13.9. The van der Waals surface area contributed by atoms with Crippen molar-refractivity contribution in [2.45, 2.75) is 19.4 Å². The number of hydrogen-bond donors (Lipinski definition) is 1. The molecule has 1 N–H and O–H groups in total. The molecule has 1 atom stereocenters. The van der Waals surface area contributed by atoms with Gasteiger partial charge in [-0.3, -0.25) is 0 Å². The van der Waals surface area contributed by atoms with E-state index in [2.05, 4.69) is 24.4 Å². The summed E-state index contributed by atoms with van der Waals surface area (Å²) < 4.78 is 15.8. The molecule has 0 saturated heterocycles. The van der Waals surface area contributed by atoms with Gasteiger partial charge in [0.2, 0.25) is 0 Å². The first-order valence-electron chi connectivity index (χ1n) is 6.78. The van der Waals surface area contributed by atoms with Crippen LogP contribution in [0.3, 0.4) is 0 Å². The molecule has 0 spiro atoms. The Kier molecular flexibility index (Phi) is 8.21. The van der Waals surface area contributed by atoms with Crippen LogP contribution < -0.4 is 10.1 Å². The lowest BCUT2D eigenvalue weighted by Crippen LogP contribution is -2.15. The van der Waals surface area contributed by atoms with E-state index >= 15 is 0 Å². The highest BCUT2D eigenvalue weighted by atomic mass is 16.5. The van der Waals surface area contributed by atoms with Crippen LogP contribution >= 0.6 is 0 Å². The van der Waals surface area contributed by atoms with Crippen molar-refractivity contribution in [3.63, 3.8) is 0 Å². The first kappa shape index (κ1) is 16.0. The molecule has 4 heteroatoms. The van der Waals surface area contributed by atoms with Gasteiger partial charge in [0.1, 0.15) is 12.4 Å². The van der Waals surface area contributed by atoms with Crippen LogP contribution in [0, 0.1) is 0 Å². The molecule has 0 amide bonds. The average Bonchev–Trinajstić information content (AvgIpc) is 2.45. The van der Waals surface area contributed by atoms with E-state index in [0.29, 0.717) is 32.5 Å². The summed E-state index contributed by atoms with van der Waals surface area (Å²) in [7, 11) is 3.64. The fraction of sp³-hybridized carbons (Fsp3) is 0.600. The summed E-state index contributed by atoms with van der Waals surface area (Å²) in [5.41, 5.74) is 1.29. The molecule has 108 valence electrons. The molecular formula is C15H25NO3. The fourth-order valence-corrected chi connectivity index (χ4v) is 1.87. The van der Waals surface area contributed by atoms with Gasteiger partial charge in [0.15, 0.2) is 0 Å². The molecule has 4 nitrogen and oxygen atoms in total. The maximum atomic E-state index is 5.60. The third-order valence-electron chi connectivity index (χ3n) is 2.97. The topological polar surface area (TPSA) is 39.7 Å². The molecular weight excluding hydrogens is 242 g/mol. The summed E-state index contributed by atoms with van der Waals surface area (Å²) in [6.45, 7) is 4.55. The highest BCUT2D eigenvalue weighted by Crippen LogP contribution is 2.19. The predicted molar refractivity (Wildman–Crippen MR) is 76.7 cm³/mol. The van der Waals surface area contributed by atoms with Gasteiger partial charge >= 0.3 is 0 Å². The van der Waals surface area contributed by atoms with Crippen molar-refractivity contribution >= 4 is 0 Å². The first-order chi connectivity index (χ1) is 9.31. The minimum atomic E-state index is 0.409. The second kappa shape index (κ2) is 9.78. The summed E-state index contributed by atoms with van der Waals surface area (Å²) in [5.74, 6) is 0.880. The zero-order valence-electron chi connectivity index (χ0n) is 12.1. The van der Waals surface area contributed by atoms with E-state index in [4.69, 9.17) is 14.2 Å². The van der Waals surface area contributed by atoms with Crippen molar-refractivity contribution in [2.24, 2.45) is 0 Å². The van der Waals surface area contributed by atoms with Gasteiger partial charge in [0.05, 0.1) is 19.8 Å². The maximum absolute atomic E-state index is 5.60. The second-order valence-corrected chi connectivity index (χ2v) is 4.27. The van der Waals surface area contributed by atoms with Crippen LogP contribution in [-0.4, -0.2) is 40.6 Å². The van der Waals surface area contributed by atoms with Crippen molar-refractivity contribution in [1.29, 1.82) is 0 Å². The van der Waals surface area contributed by atoms with Crippen LogP contribution in [0.2, 0.25) is 0 Å². The Morgan fingerprint density at radius 1 is 1.05 bits per heavy atom. The van der Waals surface area contributed by atoms with Crippen molar-refractivity contribution in [3.8, 4) is 5.75 Å². The summed E-state index contributed by atoms with van der Waals surface area (Å²) in [6.07, 6.45) is 1.07. The van der Waals surface area contributed by atoms with E-state index in [-0.39, 0.29) is 0 Å². The molecule has 1 rings (SSSR count). The van der Waals surface area contributed by atoms with Crippen LogP contribution in [0.4, 0.5) is 0 Å². The summed E-state index contributed by atoms with van der Waals surface area (Å²) >= 11 is 0. The number of rotatable bonds is 10. The lowest BCUT2D eigenvalue weighted by Gasteiger charge is -2.14. The number of hydrogen-bond acceptors (Lipinski definition) is 4. The minimum absolute atomic E-state index is 0.409. The quantitative estimate of drug-likeness (QED) is 0.661. The van der Waals surface area contributed by atoms with Crippen LogP contribution in [-0.2, 0) is 9.47 Å².